The van der Waals surface area contributed by atoms with E-state index in [0.29, 0.717) is 30.9 Å². The number of nitrogens with zero attached hydrogens (tertiary/aromatic N) is 5. The number of pyridine rings is 1. The van der Waals surface area contributed by atoms with Crippen molar-refractivity contribution in [1.29, 1.82) is 0 Å². The highest BCUT2D eigenvalue weighted by molar-refractivity contribution is 5.75. The Morgan fingerprint density at radius 2 is 2.19 bits per heavy atom. The minimum Gasteiger partial charge on any atom is -0.378 e. The third-order valence-electron chi connectivity index (χ3n) is 5.48. The van der Waals surface area contributed by atoms with Crippen molar-refractivity contribution in [2.24, 2.45) is 0 Å². The van der Waals surface area contributed by atoms with Crippen LogP contribution in [0.2, 0.25) is 0 Å². The molecule has 0 aromatic carbocycles. The first-order chi connectivity index (χ1) is 12.9. The number of hydrogen-bond donors (Lipinski definition) is 2. The van der Waals surface area contributed by atoms with Crippen LogP contribution in [-0.4, -0.2) is 50.3 Å². The fraction of sp³-hybridized carbons (Fsp3) is 0.471. The third kappa shape index (κ3) is 2.77. The molecule has 2 aliphatic rings. The minimum absolute atomic E-state index is 0.0362. The summed E-state index contributed by atoms with van der Waals surface area (Å²) in [6.07, 6.45) is 3.32. The number of amides is 2. The molecule has 1 fully saturated rings. The van der Waals surface area contributed by atoms with Crippen LogP contribution in [0.3, 0.4) is 0 Å². The zero-order chi connectivity index (χ0) is 19.2. The zero-order valence-corrected chi connectivity index (χ0v) is 15.0. The summed E-state index contributed by atoms with van der Waals surface area (Å²) < 4.78 is 1.94. The lowest BCUT2D eigenvalue weighted by atomic mass is 9.82. The maximum Gasteiger partial charge on any atom is 0.317 e. The van der Waals surface area contributed by atoms with Gasteiger partial charge in [-0.2, -0.15) is 5.10 Å². The van der Waals surface area contributed by atoms with Crippen molar-refractivity contribution in [3.8, 4) is 11.3 Å². The molecular weight excluding hydrogens is 350 g/mol. The molecule has 2 aliphatic heterocycles. The monoisotopic (exact) mass is 371 g/mol. The molecular formula is C17H21N7O3. The van der Waals surface area contributed by atoms with Crippen LogP contribution < -0.4 is 11.1 Å². The second-order valence-corrected chi connectivity index (χ2v) is 7.06. The predicted molar refractivity (Wildman–Crippen MR) is 98.1 cm³/mol. The number of likely N-dealkylation sites (tertiary alicyclic amines) is 1. The number of nitrogen functional groups attached to an aromatic ring is 1. The number of rotatable bonds is 3. The Bertz CT molecular complexity index is 925. The van der Waals surface area contributed by atoms with Gasteiger partial charge >= 0.3 is 11.7 Å². The van der Waals surface area contributed by atoms with Crippen LogP contribution in [0.15, 0.2) is 18.3 Å². The highest BCUT2D eigenvalue weighted by atomic mass is 16.6. The first-order valence-electron chi connectivity index (χ1n) is 8.95. The van der Waals surface area contributed by atoms with Crippen LogP contribution in [0.1, 0.15) is 25.5 Å². The molecule has 2 aromatic rings. The highest BCUT2D eigenvalue weighted by Crippen LogP contribution is 2.43. The van der Waals surface area contributed by atoms with Crippen molar-refractivity contribution < 1.29 is 9.72 Å². The molecule has 0 aliphatic carbocycles. The fourth-order valence-electron chi connectivity index (χ4n) is 4.08. The molecule has 3 N–H and O–H groups in total. The van der Waals surface area contributed by atoms with Gasteiger partial charge in [0.15, 0.2) is 0 Å². The first-order valence-corrected chi connectivity index (χ1v) is 8.95. The van der Waals surface area contributed by atoms with Crippen LogP contribution >= 0.6 is 0 Å². The van der Waals surface area contributed by atoms with E-state index in [-0.39, 0.29) is 23.0 Å². The van der Waals surface area contributed by atoms with Gasteiger partial charge in [0.25, 0.3) is 0 Å². The van der Waals surface area contributed by atoms with Gasteiger partial charge in [-0.1, -0.05) is 0 Å². The molecule has 0 saturated carbocycles. The molecule has 1 spiro atoms. The number of aryl methyl sites for hydroxylation is 1. The summed E-state index contributed by atoms with van der Waals surface area (Å²) in [5, 5.41) is 18.6. The number of nitro groups is 1. The van der Waals surface area contributed by atoms with E-state index in [1.807, 2.05) is 22.6 Å². The molecule has 1 saturated heterocycles. The molecule has 27 heavy (non-hydrogen) atoms. The number of carbonyl (C=O) groups is 1. The van der Waals surface area contributed by atoms with E-state index in [4.69, 9.17) is 5.73 Å². The molecule has 0 bridgehead atoms. The van der Waals surface area contributed by atoms with Crippen molar-refractivity contribution in [1.82, 2.24) is 25.0 Å². The van der Waals surface area contributed by atoms with Crippen molar-refractivity contribution >= 4 is 17.5 Å². The second-order valence-electron chi connectivity index (χ2n) is 7.06. The van der Waals surface area contributed by atoms with E-state index in [2.05, 4.69) is 15.4 Å². The van der Waals surface area contributed by atoms with Gasteiger partial charge in [-0.15, -0.1) is 0 Å². The summed E-state index contributed by atoms with van der Waals surface area (Å²) in [6.45, 7) is 4.64. The van der Waals surface area contributed by atoms with Crippen molar-refractivity contribution in [3.05, 3.63) is 34.1 Å². The van der Waals surface area contributed by atoms with Gasteiger partial charge in [-0.3, -0.25) is 14.8 Å². The number of hydrogen-bond acceptors (Lipinski definition) is 6. The molecule has 0 radical (unpaired) electrons. The standard InChI is InChI=1S/C17H21N7O3/c1-2-19-16(25)22-5-3-17(10-22)4-6-23-14(17)8-12(21-23)11-7-13(24(26)27)15(18)20-9-11/h7-9H,2-6,10H2,1H3,(H2,18,20)(H,19,25)/t17-/m1/s1. The Morgan fingerprint density at radius 1 is 1.41 bits per heavy atom. The van der Waals surface area contributed by atoms with Gasteiger partial charge < -0.3 is 16.0 Å². The molecule has 4 rings (SSSR count). The minimum atomic E-state index is -0.543. The first kappa shape index (κ1) is 17.3. The lowest BCUT2D eigenvalue weighted by Gasteiger charge is -2.23. The topological polar surface area (TPSA) is 132 Å². The fourth-order valence-corrected chi connectivity index (χ4v) is 4.08. The number of fused-ring (bicyclic) bond motifs is 2. The number of anilines is 1. The second kappa shape index (κ2) is 6.22. The Morgan fingerprint density at radius 3 is 2.93 bits per heavy atom. The van der Waals surface area contributed by atoms with E-state index in [9.17, 15) is 14.9 Å². The van der Waals surface area contributed by atoms with Crippen LogP contribution in [0, 0.1) is 10.1 Å². The maximum absolute atomic E-state index is 12.2. The predicted octanol–water partition coefficient (Wildman–Crippen LogP) is 1.51. The Hall–Kier alpha value is -3.17. The summed E-state index contributed by atoms with van der Waals surface area (Å²) in [7, 11) is 0. The Kier molecular flexibility index (Phi) is 3.97. The van der Waals surface area contributed by atoms with Gasteiger partial charge in [0.05, 0.1) is 10.6 Å². The summed E-state index contributed by atoms with van der Waals surface area (Å²) in [6, 6.07) is 3.33. The molecule has 1 atom stereocenters. The maximum atomic E-state index is 12.2. The van der Waals surface area contributed by atoms with Gasteiger partial charge in [-0.05, 0) is 25.8 Å². The van der Waals surface area contributed by atoms with Crippen molar-refractivity contribution in [3.63, 3.8) is 0 Å². The molecule has 10 nitrogen and oxygen atoms in total. The lowest BCUT2D eigenvalue weighted by Crippen LogP contribution is -2.40. The highest BCUT2D eigenvalue weighted by Gasteiger charge is 2.46. The van der Waals surface area contributed by atoms with Crippen LogP contribution in [0.5, 0.6) is 0 Å². The quantitative estimate of drug-likeness (QED) is 0.621. The lowest BCUT2D eigenvalue weighted by molar-refractivity contribution is -0.384. The van der Waals surface area contributed by atoms with Gasteiger partial charge in [-0.25, -0.2) is 9.78 Å². The van der Waals surface area contributed by atoms with E-state index in [1.54, 1.807) is 0 Å². The summed E-state index contributed by atoms with van der Waals surface area (Å²) in [5.74, 6) is -0.111. The molecule has 142 valence electrons. The Labute approximate surface area is 155 Å². The van der Waals surface area contributed by atoms with Gasteiger partial charge in [0.1, 0.15) is 0 Å². The van der Waals surface area contributed by atoms with E-state index >= 15 is 0 Å². The van der Waals surface area contributed by atoms with Crippen LogP contribution in [0.4, 0.5) is 16.3 Å². The largest absolute Gasteiger partial charge is 0.378 e. The van der Waals surface area contributed by atoms with Gasteiger partial charge in [0, 0.05) is 55.1 Å². The number of urea groups is 1. The SMILES string of the molecule is CCNC(=O)N1CC[C@@]2(CCn3nc(-c4cnc(N)c([N+](=O)[O-])c4)cc32)C1. The van der Waals surface area contributed by atoms with E-state index in [1.165, 1.54) is 12.3 Å². The van der Waals surface area contributed by atoms with Gasteiger partial charge in [0.2, 0.25) is 5.82 Å². The van der Waals surface area contributed by atoms with E-state index in [0.717, 1.165) is 25.1 Å². The normalized spacial score (nSPS) is 20.9. The summed E-state index contributed by atoms with van der Waals surface area (Å²) >= 11 is 0. The summed E-state index contributed by atoms with van der Waals surface area (Å²) in [5.41, 5.74) is 7.52. The molecule has 10 heteroatoms. The molecule has 4 heterocycles. The number of nitrogens with two attached hydrogens (primary N) is 1. The number of nitrogens with one attached hydrogen (secondary N) is 1. The third-order valence-corrected chi connectivity index (χ3v) is 5.48. The number of carbonyl (C=O) groups excluding carboxylic acids is 1. The zero-order valence-electron chi connectivity index (χ0n) is 15.0. The number of aromatic nitrogens is 3. The van der Waals surface area contributed by atoms with Crippen LogP contribution in [0.25, 0.3) is 11.3 Å². The van der Waals surface area contributed by atoms with Crippen molar-refractivity contribution in [2.75, 3.05) is 25.4 Å². The van der Waals surface area contributed by atoms with E-state index < -0.39 is 4.92 Å². The summed E-state index contributed by atoms with van der Waals surface area (Å²) in [4.78, 5) is 28.5. The molecule has 2 aromatic heterocycles. The smallest absolute Gasteiger partial charge is 0.317 e. The van der Waals surface area contributed by atoms with Crippen molar-refractivity contribution in [2.45, 2.75) is 31.7 Å². The van der Waals surface area contributed by atoms with Crippen LogP contribution in [-0.2, 0) is 12.0 Å². The Balaban J connectivity index is 1.64. The molecule has 0 unspecified atom stereocenters. The average molecular weight is 371 g/mol. The average Bonchev–Trinajstić information content (AvgIpc) is 3.33. The molecule has 2 amide bonds.